The average Bonchev–Trinajstić information content (AvgIpc) is 2.82. The Hall–Kier alpha value is -3.03. The van der Waals surface area contributed by atoms with E-state index in [0.717, 1.165) is 0 Å². The molecule has 0 heterocycles. The monoisotopic (exact) mass is 510 g/mol. The smallest absolute Gasteiger partial charge is 0.343 e. The largest absolute Gasteiger partial charge is 0.486 e. The lowest BCUT2D eigenvalue weighted by Gasteiger charge is -2.38. The second-order valence-electron chi connectivity index (χ2n) is 9.01. The Kier molecular flexibility index (Phi) is 7.08. The lowest BCUT2D eigenvalue weighted by Crippen LogP contribution is -2.45. The van der Waals surface area contributed by atoms with Crippen molar-refractivity contribution in [1.29, 1.82) is 0 Å². The standard InChI is InChI=1S/C28H25F7O/c1-3-5-7-16-8-13-22(21(29)14-16)36-15-18-10-12-20-19-11-9-17(6-4-2)25(30)23(19)27(32,33)28(34,35)24(20)26(18)31/h3,8-9,11,13-14H,1,4-7,10,12,15H2,2H3. The number of halogens is 7. The third-order valence-electron chi connectivity index (χ3n) is 6.63. The number of alkyl halides is 4. The molecule has 0 fully saturated rings. The van der Waals surface area contributed by atoms with Crippen molar-refractivity contribution < 1.29 is 35.5 Å². The SMILES string of the molecule is C=CCCc1ccc(OCC2=C(F)C3=C(CC2)c2ccc(CCC)c(F)c2C(F)(F)C3(F)F)c(F)c1. The van der Waals surface area contributed by atoms with Crippen LogP contribution in [-0.2, 0) is 18.8 Å². The highest BCUT2D eigenvalue weighted by atomic mass is 19.3. The van der Waals surface area contributed by atoms with Crippen molar-refractivity contribution >= 4 is 5.57 Å². The Labute approximate surface area is 205 Å². The third kappa shape index (κ3) is 4.24. The number of hydrogen-bond donors (Lipinski definition) is 0. The maximum atomic E-state index is 15.4. The molecule has 2 aromatic carbocycles. The quantitative estimate of drug-likeness (QED) is 0.255. The third-order valence-corrected chi connectivity index (χ3v) is 6.63. The van der Waals surface area contributed by atoms with Crippen LogP contribution in [0.5, 0.6) is 5.75 Å². The van der Waals surface area contributed by atoms with Crippen LogP contribution in [0.15, 0.2) is 60.0 Å². The molecular formula is C28H25F7O. The van der Waals surface area contributed by atoms with Crippen LogP contribution in [0.25, 0.3) is 5.57 Å². The van der Waals surface area contributed by atoms with Gasteiger partial charge in [0.15, 0.2) is 11.6 Å². The van der Waals surface area contributed by atoms with Crippen molar-refractivity contribution in [3.63, 3.8) is 0 Å². The van der Waals surface area contributed by atoms with Gasteiger partial charge in [0.05, 0.1) is 11.1 Å². The van der Waals surface area contributed by atoms with Gasteiger partial charge in [-0.25, -0.2) is 13.2 Å². The van der Waals surface area contributed by atoms with Crippen LogP contribution in [0, 0.1) is 11.6 Å². The van der Waals surface area contributed by atoms with Gasteiger partial charge in [0.2, 0.25) is 0 Å². The molecule has 0 amide bonds. The highest BCUT2D eigenvalue weighted by molar-refractivity contribution is 5.81. The van der Waals surface area contributed by atoms with Gasteiger partial charge in [0.25, 0.3) is 0 Å². The minimum atomic E-state index is -4.98. The fourth-order valence-electron chi connectivity index (χ4n) is 4.76. The molecule has 0 aromatic heterocycles. The molecule has 1 nitrogen and oxygen atoms in total. The molecule has 0 unspecified atom stereocenters. The molecule has 192 valence electrons. The Balaban J connectivity index is 1.70. The van der Waals surface area contributed by atoms with Gasteiger partial charge in [0, 0.05) is 5.57 Å². The van der Waals surface area contributed by atoms with Crippen molar-refractivity contribution in [2.45, 2.75) is 57.3 Å². The fourth-order valence-corrected chi connectivity index (χ4v) is 4.76. The maximum absolute atomic E-state index is 15.4. The molecule has 0 spiro atoms. The highest BCUT2D eigenvalue weighted by Crippen LogP contribution is 2.59. The van der Waals surface area contributed by atoms with E-state index in [1.807, 2.05) is 0 Å². The molecule has 0 aliphatic heterocycles. The van der Waals surface area contributed by atoms with E-state index in [2.05, 4.69) is 6.58 Å². The van der Waals surface area contributed by atoms with E-state index in [0.29, 0.717) is 24.8 Å². The van der Waals surface area contributed by atoms with Crippen molar-refractivity contribution in [3.05, 3.63) is 93.8 Å². The first-order valence-corrected chi connectivity index (χ1v) is 11.8. The summed E-state index contributed by atoms with van der Waals surface area (Å²) in [4.78, 5) is 0. The summed E-state index contributed by atoms with van der Waals surface area (Å²) < 4.78 is 110. The summed E-state index contributed by atoms with van der Waals surface area (Å²) in [6.45, 7) is 4.71. The zero-order valence-corrected chi connectivity index (χ0v) is 19.7. The number of rotatable bonds is 8. The summed E-state index contributed by atoms with van der Waals surface area (Å²) in [5.41, 5.74) is -3.28. The van der Waals surface area contributed by atoms with Gasteiger partial charge in [-0.2, -0.15) is 17.6 Å². The van der Waals surface area contributed by atoms with E-state index in [-0.39, 0.29) is 41.7 Å². The van der Waals surface area contributed by atoms with Crippen LogP contribution in [0.4, 0.5) is 30.7 Å². The first kappa shape index (κ1) is 26.0. The molecular weight excluding hydrogens is 485 g/mol. The first-order valence-electron chi connectivity index (χ1n) is 11.8. The molecule has 0 bridgehead atoms. The van der Waals surface area contributed by atoms with E-state index in [1.54, 1.807) is 19.1 Å². The zero-order valence-electron chi connectivity index (χ0n) is 19.7. The van der Waals surface area contributed by atoms with Gasteiger partial charge < -0.3 is 4.74 Å². The number of benzene rings is 2. The lowest BCUT2D eigenvalue weighted by molar-refractivity contribution is -0.196. The Morgan fingerprint density at radius 1 is 0.972 bits per heavy atom. The molecule has 4 rings (SSSR count). The molecule has 0 saturated carbocycles. The van der Waals surface area contributed by atoms with Crippen molar-refractivity contribution in [1.82, 2.24) is 0 Å². The lowest BCUT2D eigenvalue weighted by atomic mass is 9.74. The van der Waals surface area contributed by atoms with E-state index in [1.165, 1.54) is 24.3 Å². The van der Waals surface area contributed by atoms with Crippen LogP contribution in [0.1, 0.15) is 54.9 Å². The van der Waals surface area contributed by atoms with E-state index >= 15 is 22.0 Å². The van der Waals surface area contributed by atoms with Crippen molar-refractivity contribution in [3.8, 4) is 5.75 Å². The summed E-state index contributed by atoms with van der Waals surface area (Å²) in [5.74, 6) is -13.8. The predicted molar refractivity (Wildman–Crippen MR) is 124 cm³/mol. The molecule has 0 saturated heterocycles. The van der Waals surface area contributed by atoms with Crippen LogP contribution < -0.4 is 4.74 Å². The second kappa shape index (κ2) is 9.79. The van der Waals surface area contributed by atoms with Crippen LogP contribution in [-0.4, -0.2) is 12.5 Å². The molecule has 2 aliphatic rings. The summed E-state index contributed by atoms with van der Waals surface area (Å²) in [6, 6.07) is 6.65. The van der Waals surface area contributed by atoms with Crippen LogP contribution in [0.2, 0.25) is 0 Å². The summed E-state index contributed by atoms with van der Waals surface area (Å²) in [5, 5.41) is 0. The highest BCUT2D eigenvalue weighted by Gasteiger charge is 2.66. The van der Waals surface area contributed by atoms with Crippen molar-refractivity contribution in [2.75, 3.05) is 6.61 Å². The van der Waals surface area contributed by atoms with Gasteiger partial charge in [-0.3, -0.25) is 0 Å². The van der Waals surface area contributed by atoms with Gasteiger partial charge in [-0.1, -0.05) is 37.6 Å². The zero-order chi connectivity index (χ0) is 26.3. The van der Waals surface area contributed by atoms with E-state index in [9.17, 15) is 8.78 Å². The number of allylic oxidation sites excluding steroid dienone is 4. The molecule has 8 heteroatoms. The Bertz CT molecular complexity index is 1260. The summed E-state index contributed by atoms with van der Waals surface area (Å²) in [6.07, 6.45) is 3.09. The molecule has 0 radical (unpaired) electrons. The second-order valence-corrected chi connectivity index (χ2v) is 9.01. The average molecular weight is 510 g/mol. The molecule has 2 aromatic rings. The normalized spacial score (nSPS) is 18.1. The Morgan fingerprint density at radius 3 is 2.39 bits per heavy atom. The molecule has 0 N–H and O–H groups in total. The fraction of sp³-hybridized carbons (Fsp3) is 0.357. The number of aryl methyl sites for hydroxylation is 2. The van der Waals surface area contributed by atoms with Crippen LogP contribution >= 0.6 is 0 Å². The predicted octanol–water partition coefficient (Wildman–Crippen LogP) is 8.63. The van der Waals surface area contributed by atoms with Gasteiger partial charge in [-0.05, 0) is 66.5 Å². The minimum Gasteiger partial charge on any atom is -0.486 e. The molecule has 2 aliphatic carbocycles. The van der Waals surface area contributed by atoms with Gasteiger partial charge in [-0.15, -0.1) is 6.58 Å². The maximum Gasteiger partial charge on any atom is 0.343 e. The Morgan fingerprint density at radius 2 is 1.72 bits per heavy atom. The first-order chi connectivity index (χ1) is 17.0. The van der Waals surface area contributed by atoms with Crippen molar-refractivity contribution in [2.24, 2.45) is 0 Å². The summed E-state index contributed by atoms with van der Waals surface area (Å²) >= 11 is 0. The van der Waals surface area contributed by atoms with E-state index in [4.69, 9.17) is 4.74 Å². The number of ether oxygens (including phenoxy) is 1. The number of hydrogen-bond acceptors (Lipinski definition) is 1. The molecule has 0 atom stereocenters. The topological polar surface area (TPSA) is 9.23 Å². The number of fused-ring (bicyclic) bond motifs is 2. The van der Waals surface area contributed by atoms with Gasteiger partial charge >= 0.3 is 11.8 Å². The van der Waals surface area contributed by atoms with Gasteiger partial charge in [0.1, 0.15) is 18.3 Å². The van der Waals surface area contributed by atoms with Crippen LogP contribution in [0.3, 0.4) is 0 Å². The van der Waals surface area contributed by atoms with E-state index < -0.39 is 52.6 Å². The summed E-state index contributed by atoms with van der Waals surface area (Å²) in [7, 11) is 0. The minimum absolute atomic E-state index is 0.0887. The molecule has 36 heavy (non-hydrogen) atoms.